The Hall–Kier alpha value is -1.42. The topological polar surface area (TPSA) is 49.3 Å². The van der Waals surface area contributed by atoms with Gasteiger partial charge in [-0.1, -0.05) is 18.6 Å². The van der Waals surface area contributed by atoms with Crippen LogP contribution in [0.25, 0.3) is 0 Å². The lowest BCUT2D eigenvalue weighted by Gasteiger charge is -2.35. The van der Waals surface area contributed by atoms with Crippen LogP contribution in [0.1, 0.15) is 43.7 Å². The molecule has 0 amide bonds. The van der Waals surface area contributed by atoms with Gasteiger partial charge in [0.05, 0.1) is 0 Å². The van der Waals surface area contributed by atoms with Crippen LogP contribution in [0.4, 0.5) is 4.39 Å². The van der Waals surface area contributed by atoms with E-state index in [0.717, 1.165) is 5.56 Å². The van der Waals surface area contributed by atoms with E-state index >= 15 is 0 Å². The zero-order valence-corrected chi connectivity index (χ0v) is 10.9. The molecule has 2 rings (SSSR count). The summed E-state index contributed by atoms with van der Waals surface area (Å²) < 4.78 is 13.0. The van der Waals surface area contributed by atoms with E-state index in [-0.39, 0.29) is 18.3 Å². The van der Waals surface area contributed by atoms with Gasteiger partial charge in [0.15, 0.2) is 0 Å². The minimum atomic E-state index is -0.760. The number of carboxylic acid groups (broad SMARTS) is 1. The highest BCUT2D eigenvalue weighted by atomic mass is 19.1. The van der Waals surface area contributed by atoms with E-state index in [4.69, 9.17) is 5.11 Å². The summed E-state index contributed by atoms with van der Waals surface area (Å²) in [5.74, 6) is -0.388. The van der Waals surface area contributed by atoms with Crippen molar-refractivity contribution in [1.29, 1.82) is 0 Å². The van der Waals surface area contributed by atoms with Gasteiger partial charge in [0.1, 0.15) is 5.82 Å². The first-order valence-electron chi connectivity index (χ1n) is 6.87. The standard InChI is InChI=1S/C15H20FNO2/c16-13-8-6-12(7-9-13)15(11-3-1-4-11)17-10-2-5-14(18)19/h6-9,11,15,17H,1-5,10H2,(H,18,19). The molecule has 4 heteroatoms. The fourth-order valence-electron chi connectivity index (χ4n) is 2.50. The van der Waals surface area contributed by atoms with Crippen LogP contribution >= 0.6 is 0 Å². The van der Waals surface area contributed by atoms with Crippen molar-refractivity contribution in [2.45, 2.75) is 38.1 Å². The molecule has 1 aliphatic rings. The second-order valence-electron chi connectivity index (χ2n) is 5.17. The predicted octanol–water partition coefficient (Wildman–Crippen LogP) is 3.12. The molecular weight excluding hydrogens is 245 g/mol. The van der Waals surface area contributed by atoms with E-state index < -0.39 is 5.97 Å². The van der Waals surface area contributed by atoms with Crippen LogP contribution in [-0.4, -0.2) is 17.6 Å². The Labute approximate surface area is 112 Å². The fourth-order valence-corrected chi connectivity index (χ4v) is 2.50. The van der Waals surface area contributed by atoms with Gasteiger partial charge in [0, 0.05) is 12.5 Å². The molecule has 0 heterocycles. The molecule has 1 saturated carbocycles. The number of benzene rings is 1. The predicted molar refractivity (Wildman–Crippen MR) is 71.4 cm³/mol. The molecule has 104 valence electrons. The molecule has 1 atom stereocenters. The Bertz CT molecular complexity index is 415. The van der Waals surface area contributed by atoms with Crippen molar-refractivity contribution in [1.82, 2.24) is 5.32 Å². The highest BCUT2D eigenvalue weighted by Crippen LogP contribution is 2.37. The number of hydrogen-bond donors (Lipinski definition) is 2. The van der Waals surface area contributed by atoms with Gasteiger partial charge < -0.3 is 10.4 Å². The molecule has 0 radical (unpaired) electrons. The number of nitrogens with one attached hydrogen (secondary N) is 1. The van der Waals surface area contributed by atoms with Gasteiger partial charge in [-0.2, -0.15) is 0 Å². The quantitative estimate of drug-likeness (QED) is 0.745. The zero-order chi connectivity index (χ0) is 13.7. The average molecular weight is 265 g/mol. The van der Waals surface area contributed by atoms with Crippen molar-refractivity contribution >= 4 is 5.97 Å². The molecule has 1 aromatic rings. The first-order valence-corrected chi connectivity index (χ1v) is 6.87. The largest absolute Gasteiger partial charge is 0.481 e. The maximum atomic E-state index is 13.0. The van der Waals surface area contributed by atoms with Gasteiger partial charge in [-0.05, 0) is 49.4 Å². The van der Waals surface area contributed by atoms with E-state index in [9.17, 15) is 9.18 Å². The van der Waals surface area contributed by atoms with E-state index in [1.165, 1.54) is 31.4 Å². The van der Waals surface area contributed by atoms with Crippen LogP contribution in [-0.2, 0) is 4.79 Å². The summed E-state index contributed by atoms with van der Waals surface area (Å²) in [6.07, 6.45) is 4.44. The average Bonchev–Trinajstić information content (AvgIpc) is 2.31. The summed E-state index contributed by atoms with van der Waals surface area (Å²) in [7, 11) is 0. The fraction of sp³-hybridized carbons (Fsp3) is 0.533. The van der Waals surface area contributed by atoms with Crippen LogP contribution < -0.4 is 5.32 Å². The molecule has 3 nitrogen and oxygen atoms in total. The normalized spacial score (nSPS) is 16.9. The first-order chi connectivity index (χ1) is 9.16. The van der Waals surface area contributed by atoms with Crippen LogP contribution in [0.5, 0.6) is 0 Å². The second-order valence-corrected chi connectivity index (χ2v) is 5.17. The molecule has 1 unspecified atom stereocenters. The van der Waals surface area contributed by atoms with Gasteiger partial charge in [-0.25, -0.2) is 4.39 Å². The molecule has 1 fully saturated rings. The van der Waals surface area contributed by atoms with Crippen molar-refractivity contribution in [3.63, 3.8) is 0 Å². The second kappa shape index (κ2) is 6.66. The zero-order valence-electron chi connectivity index (χ0n) is 10.9. The lowest BCUT2D eigenvalue weighted by atomic mass is 9.77. The van der Waals surface area contributed by atoms with E-state index in [2.05, 4.69) is 5.32 Å². The van der Waals surface area contributed by atoms with E-state index in [1.54, 1.807) is 0 Å². The third-order valence-corrected chi connectivity index (χ3v) is 3.78. The van der Waals surface area contributed by atoms with Gasteiger partial charge in [0.2, 0.25) is 0 Å². The van der Waals surface area contributed by atoms with Crippen LogP contribution in [0.2, 0.25) is 0 Å². The highest BCUT2D eigenvalue weighted by molar-refractivity contribution is 5.66. The third kappa shape index (κ3) is 4.03. The molecule has 1 aliphatic carbocycles. The molecule has 0 saturated heterocycles. The molecule has 0 spiro atoms. The Morgan fingerprint density at radius 3 is 2.58 bits per heavy atom. The van der Waals surface area contributed by atoms with E-state index in [1.807, 2.05) is 12.1 Å². The highest BCUT2D eigenvalue weighted by Gasteiger charge is 2.27. The summed E-state index contributed by atoms with van der Waals surface area (Å²) in [6.45, 7) is 0.685. The van der Waals surface area contributed by atoms with E-state index in [0.29, 0.717) is 18.9 Å². The number of carboxylic acids is 1. The molecule has 0 aromatic heterocycles. The molecule has 1 aromatic carbocycles. The van der Waals surface area contributed by atoms with Gasteiger partial charge >= 0.3 is 5.97 Å². The molecular formula is C15H20FNO2. The summed E-state index contributed by atoms with van der Waals surface area (Å²) in [5.41, 5.74) is 1.10. The summed E-state index contributed by atoms with van der Waals surface area (Å²) >= 11 is 0. The van der Waals surface area contributed by atoms with Crippen LogP contribution in [0.3, 0.4) is 0 Å². The van der Waals surface area contributed by atoms with Crippen LogP contribution in [0, 0.1) is 11.7 Å². The molecule has 19 heavy (non-hydrogen) atoms. The number of aliphatic carboxylic acids is 1. The monoisotopic (exact) mass is 265 g/mol. The molecule has 2 N–H and O–H groups in total. The van der Waals surface area contributed by atoms with Gasteiger partial charge in [0.25, 0.3) is 0 Å². The van der Waals surface area contributed by atoms with Gasteiger partial charge in [-0.15, -0.1) is 0 Å². The third-order valence-electron chi connectivity index (χ3n) is 3.78. The molecule has 0 aliphatic heterocycles. The summed E-state index contributed by atoms with van der Waals surface area (Å²) in [4.78, 5) is 10.5. The number of halogens is 1. The lowest BCUT2D eigenvalue weighted by molar-refractivity contribution is -0.137. The maximum absolute atomic E-state index is 13.0. The number of hydrogen-bond acceptors (Lipinski definition) is 2. The summed E-state index contributed by atoms with van der Waals surface area (Å²) in [6, 6.07) is 6.84. The Morgan fingerprint density at radius 1 is 1.37 bits per heavy atom. The van der Waals surface area contributed by atoms with Crippen molar-refractivity contribution in [2.75, 3.05) is 6.54 Å². The van der Waals surface area contributed by atoms with Crippen LogP contribution in [0.15, 0.2) is 24.3 Å². The maximum Gasteiger partial charge on any atom is 0.303 e. The van der Waals surface area contributed by atoms with Crippen molar-refractivity contribution in [3.8, 4) is 0 Å². The van der Waals surface area contributed by atoms with Crippen molar-refractivity contribution in [2.24, 2.45) is 5.92 Å². The summed E-state index contributed by atoms with van der Waals surface area (Å²) in [5, 5.41) is 12.1. The Kier molecular flexibility index (Phi) is 4.91. The smallest absolute Gasteiger partial charge is 0.303 e. The minimum absolute atomic E-state index is 0.188. The Morgan fingerprint density at radius 2 is 2.05 bits per heavy atom. The number of rotatable bonds is 7. The minimum Gasteiger partial charge on any atom is -0.481 e. The molecule has 0 bridgehead atoms. The Balaban J connectivity index is 1.92. The van der Waals surface area contributed by atoms with Crippen molar-refractivity contribution in [3.05, 3.63) is 35.6 Å². The first kappa shape index (κ1) is 14.0. The lowest BCUT2D eigenvalue weighted by Crippen LogP contribution is -2.33. The SMILES string of the molecule is O=C(O)CCCNC(c1ccc(F)cc1)C1CCC1. The van der Waals surface area contributed by atoms with Crippen molar-refractivity contribution < 1.29 is 14.3 Å². The number of carbonyl (C=O) groups is 1. The van der Waals surface area contributed by atoms with Gasteiger partial charge in [-0.3, -0.25) is 4.79 Å².